The van der Waals surface area contributed by atoms with Crippen molar-refractivity contribution >= 4 is 23.2 Å². The van der Waals surface area contributed by atoms with Gasteiger partial charge in [0.05, 0.1) is 18.4 Å². The summed E-state index contributed by atoms with van der Waals surface area (Å²) in [6.07, 6.45) is 4.83. The van der Waals surface area contributed by atoms with Crippen LogP contribution in [0.15, 0.2) is 18.5 Å². The van der Waals surface area contributed by atoms with Crippen molar-refractivity contribution in [3.05, 3.63) is 35.3 Å². The molecule has 12 heteroatoms. The maximum Gasteiger partial charge on any atom is 0.336 e. The molecule has 1 fully saturated rings. The molecule has 1 unspecified atom stereocenters. The van der Waals surface area contributed by atoms with Gasteiger partial charge in [0.2, 0.25) is 5.91 Å². The highest BCUT2D eigenvalue weighted by Crippen LogP contribution is 2.23. The second kappa shape index (κ2) is 11.7. The largest absolute Gasteiger partial charge is 0.456 e. The lowest BCUT2D eigenvalue weighted by molar-refractivity contribution is -0.132. The molecule has 200 valence electrons. The standard InChI is InChI=1S/C25H36FN9O2/c1-5-6-20(13-26)37-25-30-22(27)24-29-15-19(35(24)31-25)12-18-11-17(2)23(28-14-18)34-9-7-33(8-10-34)21(36)16-32(3)4/h11,14-15,20H,5-10,12-13,16H2,1-4H3,(H2,27,30,31). The number of rotatable bonds is 10. The number of alkyl halides is 1. The highest BCUT2D eigenvalue weighted by Gasteiger charge is 2.23. The number of anilines is 2. The molecule has 0 bridgehead atoms. The molecule has 1 saturated heterocycles. The summed E-state index contributed by atoms with van der Waals surface area (Å²) in [5.41, 5.74) is 9.36. The number of likely N-dealkylation sites (N-methyl/N-ethyl adjacent to an activating group) is 1. The predicted molar refractivity (Wildman–Crippen MR) is 140 cm³/mol. The maximum absolute atomic E-state index is 13.3. The van der Waals surface area contributed by atoms with Crippen molar-refractivity contribution in [1.29, 1.82) is 0 Å². The van der Waals surface area contributed by atoms with E-state index in [1.165, 1.54) is 0 Å². The molecular weight excluding hydrogens is 477 g/mol. The van der Waals surface area contributed by atoms with E-state index < -0.39 is 12.8 Å². The Morgan fingerprint density at radius 3 is 2.62 bits per heavy atom. The molecule has 0 radical (unpaired) electrons. The number of nitrogens with two attached hydrogens (primary N) is 1. The van der Waals surface area contributed by atoms with Crippen molar-refractivity contribution < 1.29 is 13.9 Å². The van der Waals surface area contributed by atoms with E-state index in [-0.39, 0.29) is 17.7 Å². The fraction of sp³-hybridized carbons (Fsp3) is 0.560. The SMILES string of the molecule is CCCC(CF)Oc1nc(N)c2ncc(Cc3cnc(N4CCN(C(=O)CN(C)C)CC4)c(C)c3)n2n1. The van der Waals surface area contributed by atoms with Crippen molar-refractivity contribution in [2.24, 2.45) is 0 Å². The zero-order valence-corrected chi connectivity index (χ0v) is 22.0. The lowest BCUT2D eigenvalue weighted by Gasteiger charge is -2.36. The number of fused-ring (bicyclic) bond motifs is 1. The lowest BCUT2D eigenvalue weighted by atomic mass is 10.1. The molecule has 0 aliphatic carbocycles. The number of ether oxygens (including phenoxy) is 1. The first-order chi connectivity index (χ1) is 17.8. The molecule has 1 atom stereocenters. The van der Waals surface area contributed by atoms with Gasteiger partial charge in [0.25, 0.3) is 0 Å². The summed E-state index contributed by atoms with van der Waals surface area (Å²) in [5.74, 6) is 1.26. The minimum absolute atomic E-state index is 0.0354. The molecule has 0 saturated carbocycles. The minimum atomic E-state index is -0.620. The Bertz CT molecular complexity index is 1220. The zero-order chi connectivity index (χ0) is 26.5. The third kappa shape index (κ3) is 6.24. The van der Waals surface area contributed by atoms with Crippen LogP contribution in [0.5, 0.6) is 6.01 Å². The highest BCUT2D eigenvalue weighted by molar-refractivity contribution is 5.78. The minimum Gasteiger partial charge on any atom is -0.456 e. The Morgan fingerprint density at radius 2 is 1.97 bits per heavy atom. The van der Waals surface area contributed by atoms with Gasteiger partial charge >= 0.3 is 6.01 Å². The molecule has 1 aliphatic rings. The first kappa shape index (κ1) is 26.5. The van der Waals surface area contributed by atoms with Gasteiger partial charge in [-0.1, -0.05) is 19.4 Å². The van der Waals surface area contributed by atoms with Crippen LogP contribution in [0.2, 0.25) is 0 Å². The van der Waals surface area contributed by atoms with E-state index in [2.05, 4.69) is 26.0 Å². The molecule has 1 aliphatic heterocycles. The molecule has 1 amide bonds. The summed E-state index contributed by atoms with van der Waals surface area (Å²) in [6, 6.07) is 2.14. The van der Waals surface area contributed by atoms with E-state index in [9.17, 15) is 9.18 Å². The van der Waals surface area contributed by atoms with Crippen LogP contribution in [-0.4, -0.2) is 99.9 Å². The third-order valence-electron chi connectivity index (χ3n) is 6.37. The van der Waals surface area contributed by atoms with Crippen molar-refractivity contribution in [3.63, 3.8) is 0 Å². The Hall–Kier alpha value is -3.54. The van der Waals surface area contributed by atoms with Crippen molar-refractivity contribution in [3.8, 4) is 6.01 Å². The first-order valence-corrected chi connectivity index (χ1v) is 12.6. The molecule has 37 heavy (non-hydrogen) atoms. The average Bonchev–Trinajstić information content (AvgIpc) is 3.26. The van der Waals surface area contributed by atoms with Crippen LogP contribution in [0.1, 0.15) is 36.6 Å². The van der Waals surface area contributed by atoms with Crippen LogP contribution in [0.4, 0.5) is 16.0 Å². The van der Waals surface area contributed by atoms with Gasteiger partial charge in [0.1, 0.15) is 18.6 Å². The number of nitrogen functional groups attached to an aromatic ring is 1. The number of hydrogen-bond acceptors (Lipinski definition) is 9. The summed E-state index contributed by atoms with van der Waals surface area (Å²) in [5, 5.41) is 4.43. The average molecular weight is 514 g/mol. The fourth-order valence-corrected chi connectivity index (χ4v) is 4.54. The van der Waals surface area contributed by atoms with Crippen LogP contribution in [0.25, 0.3) is 5.65 Å². The monoisotopic (exact) mass is 513 g/mol. The van der Waals surface area contributed by atoms with E-state index in [4.69, 9.17) is 15.5 Å². The topological polar surface area (TPSA) is 118 Å². The number of pyridine rings is 1. The number of hydrogen-bond donors (Lipinski definition) is 1. The quantitative estimate of drug-likeness (QED) is 0.432. The first-order valence-electron chi connectivity index (χ1n) is 12.6. The molecule has 3 aromatic rings. The predicted octanol–water partition coefficient (Wildman–Crippen LogP) is 1.73. The van der Waals surface area contributed by atoms with Gasteiger partial charge in [-0.3, -0.25) is 4.79 Å². The highest BCUT2D eigenvalue weighted by atomic mass is 19.1. The van der Waals surface area contributed by atoms with E-state index >= 15 is 0 Å². The molecule has 2 N–H and O–H groups in total. The lowest BCUT2D eigenvalue weighted by Crippen LogP contribution is -2.51. The number of amides is 1. The fourth-order valence-electron chi connectivity index (χ4n) is 4.54. The van der Waals surface area contributed by atoms with Gasteiger partial charge in [0.15, 0.2) is 11.5 Å². The van der Waals surface area contributed by atoms with Gasteiger partial charge < -0.3 is 25.2 Å². The van der Waals surface area contributed by atoms with Crippen molar-refractivity contribution in [2.45, 2.75) is 39.2 Å². The molecule has 4 rings (SSSR count). The molecule has 11 nitrogen and oxygen atoms in total. The van der Waals surface area contributed by atoms with Crippen LogP contribution in [0, 0.1) is 6.92 Å². The smallest absolute Gasteiger partial charge is 0.336 e. The number of piperazine rings is 1. The Morgan fingerprint density at radius 1 is 1.22 bits per heavy atom. The second-order valence-corrected chi connectivity index (χ2v) is 9.71. The van der Waals surface area contributed by atoms with Crippen LogP contribution in [-0.2, 0) is 11.2 Å². The molecule has 0 aromatic carbocycles. The Balaban J connectivity index is 1.46. The van der Waals surface area contributed by atoms with Crippen molar-refractivity contribution in [1.82, 2.24) is 34.4 Å². The Labute approximate surface area is 216 Å². The number of carbonyl (C=O) groups is 1. The molecule has 0 spiro atoms. The summed E-state index contributed by atoms with van der Waals surface area (Å²) < 4.78 is 20.5. The number of imidazole rings is 1. The number of halogens is 1. The third-order valence-corrected chi connectivity index (χ3v) is 6.37. The van der Waals surface area contributed by atoms with Gasteiger partial charge in [-0.25, -0.2) is 18.9 Å². The Kier molecular flexibility index (Phi) is 8.37. The summed E-state index contributed by atoms with van der Waals surface area (Å²) >= 11 is 0. The maximum atomic E-state index is 13.3. The van der Waals surface area contributed by atoms with Gasteiger partial charge in [-0.15, -0.1) is 5.10 Å². The van der Waals surface area contributed by atoms with E-state index in [1.807, 2.05) is 43.9 Å². The number of aryl methyl sites for hydroxylation is 1. The molecular formula is C25H36FN9O2. The van der Waals surface area contributed by atoms with Gasteiger partial charge in [-0.2, -0.15) is 4.98 Å². The number of carbonyl (C=O) groups excluding carboxylic acids is 1. The summed E-state index contributed by atoms with van der Waals surface area (Å²) in [4.78, 5) is 31.6. The number of aromatic nitrogens is 5. The normalized spacial score (nSPS) is 15.0. The number of nitrogens with zero attached hydrogens (tertiary/aromatic N) is 8. The van der Waals surface area contributed by atoms with Crippen LogP contribution >= 0.6 is 0 Å². The second-order valence-electron chi connectivity index (χ2n) is 9.71. The summed E-state index contributed by atoms with van der Waals surface area (Å²) in [6.45, 7) is 6.68. The van der Waals surface area contributed by atoms with E-state index in [0.29, 0.717) is 38.1 Å². The molecule has 3 aromatic heterocycles. The molecule has 4 heterocycles. The van der Waals surface area contributed by atoms with Crippen molar-refractivity contribution in [2.75, 3.05) is 64.1 Å². The zero-order valence-electron chi connectivity index (χ0n) is 22.0. The van der Waals surface area contributed by atoms with Crippen LogP contribution in [0.3, 0.4) is 0 Å². The van der Waals surface area contributed by atoms with E-state index in [1.54, 1.807) is 10.7 Å². The van der Waals surface area contributed by atoms with Crippen LogP contribution < -0.4 is 15.4 Å². The van der Waals surface area contributed by atoms with Gasteiger partial charge in [0, 0.05) is 38.8 Å². The van der Waals surface area contributed by atoms with E-state index in [0.717, 1.165) is 42.1 Å². The van der Waals surface area contributed by atoms with Gasteiger partial charge in [-0.05, 0) is 38.6 Å². The summed E-state index contributed by atoms with van der Waals surface area (Å²) in [7, 11) is 3.81.